The lowest BCUT2D eigenvalue weighted by Crippen LogP contribution is -2.48. The zero-order valence-corrected chi connectivity index (χ0v) is 11.8. The SMILES string of the molecule is Cc1cc(N2CC(C)OC(CCl)C2)n2ncnc2c1. The molecule has 3 rings (SSSR count). The zero-order valence-electron chi connectivity index (χ0n) is 11.1. The molecule has 0 spiro atoms. The van der Waals surface area contributed by atoms with Crippen LogP contribution in [0.1, 0.15) is 12.5 Å². The molecule has 2 aromatic heterocycles. The fourth-order valence-electron chi connectivity index (χ4n) is 2.58. The molecule has 0 saturated carbocycles. The number of anilines is 1. The Labute approximate surface area is 117 Å². The first-order chi connectivity index (χ1) is 9.17. The Morgan fingerprint density at radius 3 is 3.05 bits per heavy atom. The van der Waals surface area contributed by atoms with Crippen LogP contribution in [-0.2, 0) is 4.74 Å². The van der Waals surface area contributed by atoms with E-state index in [9.17, 15) is 0 Å². The summed E-state index contributed by atoms with van der Waals surface area (Å²) >= 11 is 5.94. The summed E-state index contributed by atoms with van der Waals surface area (Å²) in [6.07, 6.45) is 1.81. The monoisotopic (exact) mass is 280 g/mol. The Morgan fingerprint density at radius 2 is 2.26 bits per heavy atom. The number of pyridine rings is 1. The van der Waals surface area contributed by atoms with Gasteiger partial charge >= 0.3 is 0 Å². The first-order valence-corrected chi connectivity index (χ1v) is 6.97. The van der Waals surface area contributed by atoms with E-state index in [-0.39, 0.29) is 12.2 Å². The number of hydrogen-bond acceptors (Lipinski definition) is 4. The summed E-state index contributed by atoms with van der Waals surface area (Å²) in [5.74, 6) is 1.56. The Balaban J connectivity index is 2.00. The summed E-state index contributed by atoms with van der Waals surface area (Å²) in [5, 5.41) is 4.30. The third-order valence-electron chi connectivity index (χ3n) is 3.33. The van der Waals surface area contributed by atoms with Crippen LogP contribution in [0.25, 0.3) is 5.65 Å². The molecule has 0 radical (unpaired) electrons. The fraction of sp³-hybridized carbons (Fsp3) is 0.538. The van der Waals surface area contributed by atoms with Crippen molar-refractivity contribution in [3.05, 3.63) is 24.0 Å². The first kappa shape index (κ1) is 12.7. The highest BCUT2D eigenvalue weighted by Gasteiger charge is 2.26. The third-order valence-corrected chi connectivity index (χ3v) is 3.67. The van der Waals surface area contributed by atoms with Crippen molar-refractivity contribution >= 4 is 23.1 Å². The van der Waals surface area contributed by atoms with Crippen molar-refractivity contribution in [1.29, 1.82) is 0 Å². The molecule has 2 aromatic rings. The van der Waals surface area contributed by atoms with E-state index >= 15 is 0 Å². The summed E-state index contributed by atoms with van der Waals surface area (Å²) in [6, 6.07) is 4.16. The average molecular weight is 281 g/mol. The molecule has 5 nitrogen and oxygen atoms in total. The number of fused-ring (bicyclic) bond motifs is 1. The van der Waals surface area contributed by atoms with E-state index in [0.717, 1.165) is 24.6 Å². The Morgan fingerprint density at radius 1 is 1.42 bits per heavy atom. The molecule has 0 amide bonds. The molecule has 0 aromatic carbocycles. The predicted octanol–water partition coefficient (Wildman–Crippen LogP) is 1.87. The number of hydrogen-bond donors (Lipinski definition) is 0. The van der Waals surface area contributed by atoms with Crippen molar-refractivity contribution < 1.29 is 4.74 Å². The molecular formula is C13H17ClN4O. The van der Waals surface area contributed by atoms with Crippen LogP contribution in [-0.4, -0.2) is 45.8 Å². The van der Waals surface area contributed by atoms with E-state index in [1.54, 1.807) is 6.33 Å². The molecule has 1 fully saturated rings. The van der Waals surface area contributed by atoms with Crippen LogP contribution in [0.15, 0.2) is 18.5 Å². The highest BCUT2D eigenvalue weighted by Crippen LogP contribution is 2.22. The van der Waals surface area contributed by atoms with Crippen molar-refractivity contribution in [1.82, 2.24) is 14.6 Å². The van der Waals surface area contributed by atoms with Gasteiger partial charge < -0.3 is 9.64 Å². The van der Waals surface area contributed by atoms with Crippen molar-refractivity contribution in [2.75, 3.05) is 23.9 Å². The quantitative estimate of drug-likeness (QED) is 0.788. The van der Waals surface area contributed by atoms with Gasteiger partial charge in [0.2, 0.25) is 0 Å². The normalized spacial score (nSPS) is 24.1. The van der Waals surface area contributed by atoms with Gasteiger partial charge in [0.05, 0.1) is 18.1 Å². The van der Waals surface area contributed by atoms with Crippen molar-refractivity contribution in [3.63, 3.8) is 0 Å². The third kappa shape index (κ3) is 2.40. The molecular weight excluding hydrogens is 264 g/mol. The number of nitrogens with zero attached hydrogens (tertiary/aromatic N) is 4. The lowest BCUT2D eigenvalue weighted by atomic mass is 10.2. The molecule has 2 unspecified atom stereocenters. The van der Waals surface area contributed by atoms with Gasteiger partial charge in [-0.1, -0.05) is 0 Å². The Hall–Kier alpha value is -1.33. The van der Waals surface area contributed by atoms with Gasteiger partial charge in [-0.15, -0.1) is 11.6 Å². The minimum absolute atomic E-state index is 0.0597. The van der Waals surface area contributed by atoms with Crippen LogP contribution in [0.2, 0.25) is 0 Å². The minimum Gasteiger partial charge on any atom is -0.370 e. The zero-order chi connectivity index (χ0) is 13.4. The summed E-state index contributed by atoms with van der Waals surface area (Å²) in [4.78, 5) is 6.53. The average Bonchev–Trinajstić information content (AvgIpc) is 2.84. The molecule has 1 saturated heterocycles. The number of aryl methyl sites for hydroxylation is 1. The molecule has 0 aliphatic carbocycles. The van der Waals surface area contributed by atoms with E-state index in [2.05, 4.69) is 34.9 Å². The molecule has 1 aliphatic rings. The number of halogens is 1. The Bertz CT molecular complexity index is 585. The van der Waals surface area contributed by atoms with Crippen molar-refractivity contribution in [2.45, 2.75) is 26.1 Å². The molecule has 2 atom stereocenters. The highest BCUT2D eigenvalue weighted by molar-refractivity contribution is 6.18. The molecule has 1 aliphatic heterocycles. The standard InChI is InChI=1S/C13H17ClN4O/c1-9-3-12-15-8-16-18(12)13(4-9)17-6-10(2)19-11(5-14)7-17/h3-4,8,10-11H,5-7H2,1-2H3. The van der Waals surface area contributed by atoms with Gasteiger partial charge in [-0.2, -0.15) is 9.61 Å². The van der Waals surface area contributed by atoms with Gasteiger partial charge in [-0.05, 0) is 31.5 Å². The number of ether oxygens (including phenoxy) is 1. The van der Waals surface area contributed by atoms with Gasteiger partial charge in [0.15, 0.2) is 5.65 Å². The first-order valence-electron chi connectivity index (χ1n) is 6.44. The van der Waals surface area contributed by atoms with Crippen LogP contribution in [0.3, 0.4) is 0 Å². The highest BCUT2D eigenvalue weighted by atomic mass is 35.5. The smallest absolute Gasteiger partial charge is 0.157 e. The molecule has 0 N–H and O–H groups in total. The molecule has 6 heteroatoms. The summed E-state index contributed by atoms with van der Waals surface area (Å²) in [6.45, 7) is 5.76. The van der Waals surface area contributed by atoms with E-state index in [1.165, 1.54) is 5.56 Å². The lowest BCUT2D eigenvalue weighted by Gasteiger charge is -2.37. The number of rotatable bonds is 2. The molecule has 19 heavy (non-hydrogen) atoms. The molecule has 3 heterocycles. The summed E-state index contributed by atoms with van der Waals surface area (Å²) in [5.41, 5.74) is 2.05. The largest absolute Gasteiger partial charge is 0.370 e. The van der Waals surface area contributed by atoms with Gasteiger partial charge in [0.1, 0.15) is 12.1 Å². The van der Waals surface area contributed by atoms with Crippen molar-refractivity contribution in [2.24, 2.45) is 0 Å². The van der Waals surface area contributed by atoms with Crippen molar-refractivity contribution in [3.8, 4) is 0 Å². The van der Waals surface area contributed by atoms with Gasteiger partial charge in [-0.25, -0.2) is 4.98 Å². The topological polar surface area (TPSA) is 42.7 Å². The van der Waals surface area contributed by atoms with E-state index in [4.69, 9.17) is 16.3 Å². The second-order valence-corrected chi connectivity index (χ2v) is 5.36. The second kappa shape index (κ2) is 4.98. The predicted molar refractivity (Wildman–Crippen MR) is 75.0 cm³/mol. The van der Waals surface area contributed by atoms with Gasteiger partial charge in [0.25, 0.3) is 0 Å². The van der Waals surface area contributed by atoms with Crippen LogP contribution in [0.4, 0.5) is 5.82 Å². The maximum atomic E-state index is 5.94. The van der Waals surface area contributed by atoms with Crippen LogP contribution in [0.5, 0.6) is 0 Å². The van der Waals surface area contributed by atoms with Crippen LogP contribution >= 0.6 is 11.6 Å². The molecule has 0 bridgehead atoms. The Kier molecular flexibility index (Phi) is 3.33. The minimum atomic E-state index is 0.0597. The summed E-state index contributed by atoms with van der Waals surface area (Å²) in [7, 11) is 0. The number of alkyl halides is 1. The lowest BCUT2D eigenvalue weighted by molar-refractivity contribution is -0.00368. The van der Waals surface area contributed by atoms with E-state index in [0.29, 0.717) is 5.88 Å². The van der Waals surface area contributed by atoms with Gasteiger partial charge in [-0.3, -0.25) is 0 Å². The van der Waals surface area contributed by atoms with E-state index in [1.807, 2.05) is 10.6 Å². The number of aromatic nitrogens is 3. The van der Waals surface area contributed by atoms with Crippen LogP contribution < -0.4 is 4.90 Å². The van der Waals surface area contributed by atoms with Crippen LogP contribution in [0, 0.1) is 6.92 Å². The maximum absolute atomic E-state index is 5.94. The molecule has 102 valence electrons. The summed E-state index contributed by atoms with van der Waals surface area (Å²) < 4.78 is 7.66. The van der Waals surface area contributed by atoms with E-state index < -0.39 is 0 Å². The number of morpholine rings is 1. The second-order valence-electron chi connectivity index (χ2n) is 5.05. The van der Waals surface area contributed by atoms with Gasteiger partial charge in [0, 0.05) is 13.1 Å². The fourth-order valence-corrected chi connectivity index (χ4v) is 2.75. The maximum Gasteiger partial charge on any atom is 0.157 e.